The standard InChI is InChI=1S/C36H39Cl2N3O7S/c1-40-14-8-7-11-24(40)21-48-36(44)33(22-9-5-4-6-10-22)39-18-25-16-27(34(49-25)35(42)43)26(17-28-29(37)19-41(45)20-30(28)38)23-12-13-31(46-2)32(15-23)47-3/h4-6,9-10,12-13,15-16,19-20,24,26,33,39H,7-8,11,14,17-18,21H2,1-3H3,(H-,42,43,45)/p+1/t24-,26-,33?/m0/s1. The second kappa shape index (κ2) is 16.7. The molecular weight excluding hydrogens is 689 g/mol. The van der Waals surface area contributed by atoms with E-state index in [-0.39, 0.29) is 33.9 Å². The third-order valence-electron chi connectivity index (χ3n) is 8.86. The van der Waals surface area contributed by atoms with E-state index in [0.717, 1.165) is 53.0 Å². The van der Waals surface area contributed by atoms with E-state index in [1.54, 1.807) is 12.1 Å². The van der Waals surface area contributed by atoms with E-state index < -0.39 is 23.9 Å². The number of hydrogen-bond donors (Lipinski definition) is 3. The molecule has 4 aromatic rings. The van der Waals surface area contributed by atoms with Gasteiger partial charge < -0.3 is 24.2 Å². The summed E-state index contributed by atoms with van der Waals surface area (Å²) in [6.07, 6.45) is 6.08. The van der Waals surface area contributed by atoms with Crippen LogP contribution in [0.1, 0.15) is 68.0 Å². The average molecular weight is 730 g/mol. The van der Waals surface area contributed by atoms with E-state index in [1.165, 1.54) is 26.6 Å². The molecule has 0 bridgehead atoms. The summed E-state index contributed by atoms with van der Waals surface area (Å²) in [5.74, 6) is -1.03. The summed E-state index contributed by atoms with van der Waals surface area (Å²) in [5, 5.41) is 24.2. The molecule has 2 aromatic heterocycles. The Balaban J connectivity index is 1.47. The molecule has 0 spiro atoms. The van der Waals surface area contributed by atoms with Gasteiger partial charge in [0.05, 0.1) is 14.2 Å². The van der Waals surface area contributed by atoms with Gasteiger partial charge in [0.15, 0.2) is 11.5 Å². The molecule has 0 amide bonds. The maximum Gasteiger partial charge on any atom is 0.346 e. The number of esters is 1. The van der Waals surface area contributed by atoms with Crippen molar-refractivity contribution in [2.24, 2.45) is 0 Å². The number of carbonyl (C=O) groups is 2. The van der Waals surface area contributed by atoms with Gasteiger partial charge in [-0.2, -0.15) is 0 Å². The van der Waals surface area contributed by atoms with Crippen LogP contribution in [-0.2, 0) is 22.5 Å². The van der Waals surface area contributed by atoms with Gasteiger partial charge in [0.2, 0.25) is 12.4 Å². The van der Waals surface area contributed by atoms with E-state index >= 15 is 0 Å². The van der Waals surface area contributed by atoms with E-state index in [4.69, 9.17) is 37.4 Å². The van der Waals surface area contributed by atoms with Crippen molar-refractivity contribution >= 4 is 46.5 Å². The molecule has 3 N–H and O–H groups in total. The molecule has 3 heterocycles. The molecule has 1 fully saturated rings. The van der Waals surface area contributed by atoms with Gasteiger partial charge in [-0.05, 0) is 67.7 Å². The van der Waals surface area contributed by atoms with Crippen molar-refractivity contribution in [3.8, 4) is 11.5 Å². The number of likely N-dealkylation sites (tertiary alicyclic amines) is 1. The Labute approximate surface area is 299 Å². The predicted octanol–water partition coefficient (Wildman–Crippen LogP) is 6.53. The van der Waals surface area contributed by atoms with E-state index in [9.17, 15) is 19.9 Å². The number of methoxy groups -OCH3 is 2. The van der Waals surface area contributed by atoms with Gasteiger partial charge in [0, 0.05) is 33.7 Å². The Kier molecular flexibility index (Phi) is 12.4. The quantitative estimate of drug-likeness (QED) is 0.0756. The van der Waals surface area contributed by atoms with Crippen molar-refractivity contribution in [2.45, 2.75) is 50.2 Å². The van der Waals surface area contributed by atoms with Crippen LogP contribution in [0.15, 0.2) is 67.0 Å². The number of aromatic nitrogens is 1. The molecule has 1 aliphatic rings. The number of rotatable bonds is 14. The first-order valence-electron chi connectivity index (χ1n) is 15.9. The first kappa shape index (κ1) is 36.4. The fraction of sp³-hybridized carbons (Fsp3) is 0.361. The molecule has 13 heteroatoms. The number of pyridine rings is 1. The highest BCUT2D eigenvalue weighted by Crippen LogP contribution is 2.41. The topological polar surface area (TPSA) is 121 Å². The minimum atomic E-state index is -1.09. The normalized spacial score (nSPS) is 16.1. The van der Waals surface area contributed by atoms with Gasteiger partial charge in [-0.25, -0.2) is 9.59 Å². The van der Waals surface area contributed by atoms with Crippen LogP contribution in [0.3, 0.4) is 0 Å². The fourth-order valence-electron chi connectivity index (χ4n) is 6.19. The molecule has 5 rings (SSSR count). The molecule has 1 aliphatic heterocycles. The lowest BCUT2D eigenvalue weighted by Crippen LogP contribution is -2.41. The molecule has 10 nitrogen and oxygen atoms in total. The second-order valence-corrected chi connectivity index (χ2v) is 13.9. The number of nitrogens with zero attached hydrogens (tertiary/aromatic N) is 2. The minimum absolute atomic E-state index is 0.135. The fourth-order valence-corrected chi connectivity index (χ4v) is 7.80. The molecule has 260 valence electrons. The maximum absolute atomic E-state index is 13.5. The van der Waals surface area contributed by atoms with E-state index in [0.29, 0.717) is 34.1 Å². The lowest BCUT2D eigenvalue weighted by Gasteiger charge is -2.32. The number of likely N-dealkylation sites (N-methyl/N-ethyl adjacent to an activating group) is 1. The zero-order valence-corrected chi connectivity index (χ0v) is 29.9. The smallest absolute Gasteiger partial charge is 0.346 e. The maximum atomic E-state index is 13.5. The Morgan fingerprint density at radius 3 is 2.39 bits per heavy atom. The number of piperidine rings is 1. The first-order valence-corrected chi connectivity index (χ1v) is 17.5. The summed E-state index contributed by atoms with van der Waals surface area (Å²) in [4.78, 5) is 29.3. The van der Waals surface area contributed by atoms with Crippen LogP contribution in [0.5, 0.6) is 11.5 Å². The van der Waals surface area contributed by atoms with Gasteiger partial charge in [-0.15, -0.1) is 11.3 Å². The van der Waals surface area contributed by atoms with E-state index in [1.807, 2.05) is 42.5 Å². The van der Waals surface area contributed by atoms with Crippen LogP contribution in [-0.4, -0.2) is 67.6 Å². The largest absolute Gasteiger partial charge is 0.493 e. The number of benzene rings is 2. The summed E-state index contributed by atoms with van der Waals surface area (Å²) in [6, 6.07) is 16.0. The third kappa shape index (κ3) is 8.84. The van der Waals surface area contributed by atoms with Gasteiger partial charge >= 0.3 is 11.9 Å². The van der Waals surface area contributed by atoms with Crippen LogP contribution in [0.2, 0.25) is 10.0 Å². The molecule has 1 saturated heterocycles. The van der Waals surface area contributed by atoms with Gasteiger partial charge in [0.1, 0.15) is 27.6 Å². The molecule has 0 aliphatic carbocycles. The molecule has 3 atom stereocenters. The Morgan fingerprint density at radius 1 is 1.02 bits per heavy atom. The number of aromatic carboxylic acids is 1. The predicted molar refractivity (Wildman–Crippen MR) is 187 cm³/mol. The highest BCUT2D eigenvalue weighted by atomic mass is 35.5. The van der Waals surface area contributed by atoms with Gasteiger partial charge in [0.25, 0.3) is 0 Å². The van der Waals surface area contributed by atoms with Crippen LogP contribution < -0.4 is 19.5 Å². The van der Waals surface area contributed by atoms with Crippen molar-refractivity contribution in [3.63, 3.8) is 0 Å². The SMILES string of the molecule is COc1ccc([C@H](Cc2c(Cl)c[n+](O)cc2Cl)c2cc(CNC(C(=O)OC[C@@H]3CCCCN3C)c3ccccc3)sc2C(=O)O)cc1OC. The van der Waals surface area contributed by atoms with Gasteiger partial charge in [-0.3, -0.25) is 10.5 Å². The Hall–Kier alpha value is -3.87. The van der Waals surface area contributed by atoms with Crippen molar-refractivity contribution < 1.29 is 38.8 Å². The number of carboxylic acid groups (broad SMARTS) is 1. The van der Waals surface area contributed by atoms with Crippen LogP contribution in [0.25, 0.3) is 0 Å². The molecule has 2 aromatic carbocycles. The average Bonchev–Trinajstić information content (AvgIpc) is 3.52. The Bertz CT molecular complexity index is 1750. The number of thiophene rings is 1. The van der Waals surface area contributed by atoms with Gasteiger partial charge in [-0.1, -0.05) is 66.0 Å². The lowest BCUT2D eigenvalue weighted by atomic mass is 9.85. The number of halogens is 2. The van der Waals surface area contributed by atoms with Crippen LogP contribution in [0.4, 0.5) is 0 Å². The van der Waals surface area contributed by atoms with E-state index in [2.05, 4.69) is 17.3 Å². The van der Waals surface area contributed by atoms with Crippen LogP contribution in [0, 0.1) is 0 Å². The minimum Gasteiger partial charge on any atom is -0.493 e. The number of carboxylic acids is 1. The monoisotopic (exact) mass is 728 g/mol. The highest BCUT2D eigenvalue weighted by molar-refractivity contribution is 7.14. The number of nitrogens with one attached hydrogen (secondary N) is 1. The summed E-state index contributed by atoms with van der Waals surface area (Å²) in [5.41, 5.74) is 2.56. The molecule has 0 saturated carbocycles. The summed E-state index contributed by atoms with van der Waals surface area (Å²) in [7, 11) is 5.12. The summed E-state index contributed by atoms with van der Waals surface area (Å²) >= 11 is 14.2. The first-order chi connectivity index (χ1) is 23.6. The zero-order chi connectivity index (χ0) is 35.1. The summed E-state index contributed by atoms with van der Waals surface area (Å²) in [6.45, 7) is 1.49. The zero-order valence-electron chi connectivity index (χ0n) is 27.5. The lowest BCUT2D eigenvalue weighted by molar-refractivity contribution is -0.904. The van der Waals surface area contributed by atoms with Crippen LogP contribution >= 0.6 is 34.5 Å². The number of ether oxygens (including phenoxy) is 3. The molecule has 1 unspecified atom stereocenters. The number of hydrogen-bond acceptors (Lipinski definition) is 9. The molecule has 0 radical (unpaired) electrons. The molecular formula is C36H40Cl2N3O7S+. The summed E-state index contributed by atoms with van der Waals surface area (Å²) < 4.78 is 17.6. The van der Waals surface area contributed by atoms with Crippen molar-refractivity contribution in [2.75, 3.05) is 34.4 Å². The van der Waals surface area contributed by atoms with Crippen molar-refractivity contribution in [1.29, 1.82) is 0 Å². The van der Waals surface area contributed by atoms with Crippen molar-refractivity contribution in [1.82, 2.24) is 10.2 Å². The highest BCUT2D eigenvalue weighted by Gasteiger charge is 2.30. The van der Waals surface area contributed by atoms with Crippen molar-refractivity contribution in [3.05, 3.63) is 109 Å². The second-order valence-electron chi connectivity index (χ2n) is 12.0. The number of carbonyl (C=O) groups excluding carboxylic acids is 1. The molecule has 49 heavy (non-hydrogen) atoms. The third-order valence-corrected chi connectivity index (χ3v) is 10.6. The Morgan fingerprint density at radius 2 is 1.73 bits per heavy atom.